The van der Waals surface area contributed by atoms with E-state index < -0.39 is 0 Å². The van der Waals surface area contributed by atoms with Crippen LogP contribution >= 0.6 is 28.1 Å². The molecule has 0 atom stereocenters. The van der Waals surface area contributed by atoms with Crippen molar-refractivity contribution in [1.82, 2.24) is 24.7 Å². The van der Waals surface area contributed by atoms with Crippen LogP contribution in [0.4, 0.5) is 0 Å². The average molecular weight is 272 g/mol. The van der Waals surface area contributed by atoms with Crippen molar-refractivity contribution in [2.45, 2.75) is 0 Å². The summed E-state index contributed by atoms with van der Waals surface area (Å²) in [6.07, 6.45) is 3.12. The summed E-state index contributed by atoms with van der Waals surface area (Å²) in [5.74, 6) is 0.631. The molecule has 0 radical (unpaired) electrons. The summed E-state index contributed by atoms with van der Waals surface area (Å²) in [7, 11) is 1.80. The van der Waals surface area contributed by atoms with Crippen LogP contribution < -0.4 is 0 Å². The van der Waals surface area contributed by atoms with E-state index in [0.29, 0.717) is 16.3 Å². The Labute approximate surface area is 93.3 Å². The normalized spacial score (nSPS) is 10.4. The highest BCUT2D eigenvalue weighted by Crippen LogP contribution is 2.20. The lowest BCUT2D eigenvalue weighted by Gasteiger charge is -1.96. The molecule has 5 nitrogen and oxygen atoms in total. The third-order valence-electron chi connectivity index (χ3n) is 1.66. The van der Waals surface area contributed by atoms with E-state index in [1.54, 1.807) is 17.9 Å². The molecule has 2 aromatic heterocycles. The van der Waals surface area contributed by atoms with Crippen LogP contribution in [-0.4, -0.2) is 24.7 Å². The van der Waals surface area contributed by atoms with E-state index in [1.807, 2.05) is 0 Å². The zero-order valence-electron chi connectivity index (χ0n) is 7.23. The highest BCUT2D eigenvalue weighted by Gasteiger charge is 2.08. The summed E-state index contributed by atoms with van der Waals surface area (Å²) in [5.41, 5.74) is 0.701. The van der Waals surface area contributed by atoms with Gasteiger partial charge >= 0.3 is 0 Å². The predicted octanol–water partition coefficient (Wildman–Crippen LogP) is 1.70. The van der Waals surface area contributed by atoms with Crippen molar-refractivity contribution in [2.75, 3.05) is 0 Å². The molecule has 0 unspecified atom stereocenters. The van der Waals surface area contributed by atoms with Gasteiger partial charge in [-0.15, -0.1) is 0 Å². The Morgan fingerprint density at radius 1 is 1.57 bits per heavy atom. The molecule has 72 valence electrons. The van der Waals surface area contributed by atoms with E-state index in [2.05, 4.69) is 36.0 Å². The molecule has 1 N–H and O–H groups in total. The largest absolute Gasteiger partial charge is 0.278 e. The molecule has 2 rings (SSSR count). The van der Waals surface area contributed by atoms with Gasteiger partial charge < -0.3 is 0 Å². The van der Waals surface area contributed by atoms with Crippen LogP contribution in [0, 0.1) is 4.77 Å². The number of halogens is 1. The first-order valence-corrected chi connectivity index (χ1v) is 4.97. The molecule has 0 aliphatic rings. The fourth-order valence-corrected chi connectivity index (χ4v) is 1.54. The van der Waals surface area contributed by atoms with Crippen LogP contribution in [0.25, 0.3) is 11.5 Å². The maximum absolute atomic E-state index is 4.98. The standard InChI is InChI=1S/C7H6BrN5S/c1-13-7(14)11-6(12-13)5-4(8)2-9-3-10-5/h2-3H,1H3,(H,11,12,14). The molecule has 0 saturated heterocycles. The zero-order valence-corrected chi connectivity index (χ0v) is 9.63. The van der Waals surface area contributed by atoms with Gasteiger partial charge in [-0.3, -0.25) is 9.78 Å². The second-order valence-corrected chi connectivity index (χ2v) is 3.85. The molecule has 0 spiro atoms. The first kappa shape index (κ1) is 9.47. The predicted molar refractivity (Wildman–Crippen MR) is 57.1 cm³/mol. The number of hydrogen-bond donors (Lipinski definition) is 1. The van der Waals surface area contributed by atoms with Crippen molar-refractivity contribution in [1.29, 1.82) is 0 Å². The second kappa shape index (κ2) is 3.58. The summed E-state index contributed by atoms with van der Waals surface area (Å²) in [5, 5.41) is 2.98. The van der Waals surface area contributed by atoms with E-state index in [9.17, 15) is 0 Å². The third kappa shape index (κ3) is 1.60. The molecule has 2 heterocycles. The molecule has 14 heavy (non-hydrogen) atoms. The number of nitrogens with one attached hydrogen (secondary N) is 1. The van der Waals surface area contributed by atoms with Gasteiger partial charge in [0.1, 0.15) is 12.0 Å². The number of aromatic amines is 1. The van der Waals surface area contributed by atoms with Gasteiger partial charge in [0.2, 0.25) is 4.77 Å². The molecule has 0 aromatic carbocycles. The van der Waals surface area contributed by atoms with Crippen molar-refractivity contribution in [3.05, 3.63) is 21.8 Å². The van der Waals surface area contributed by atoms with E-state index >= 15 is 0 Å². The molecular weight excluding hydrogens is 266 g/mol. The number of aryl methyl sites for hydroxylation is 1. The molecule has 0 aliphatic heterocycles. The first-order chi connectivity index (χ1) is 6.68. The van der Waals surface area contributed by atoms with Gasteiger partial charge in [-0.2, -0.15) is 4.98 Å². The molecule has 0 fully saturated rings. The topological polar surface area (TPSA) is 59.4 Å². The van der Waals surface area contributed by atoms with Crippen LogP contribution in [0.1, 0.15) is 0 Å². The highest BCUT2D eigenvalue weighted by molar-refractivity contribution is 9.10. The maximum atomic E-state index is 4.98. The van der Waals surface area contributed by atoms with Crippen LogP contribution in [0.5, 0.6) is 0 Å². The number of nitrogens with zero attached hydrogens (tertiary/aromatic N) is 4. The van der Waals surface area contributed by atoms with Gasteiger partial charge in [-0.05, 0) is 28.1 Å². The fraction of sp³-hybridized carbons (Fsp3) is 0.143. The minimum Gasteiger partial charge on any atom is -0.278 e. The van der Waals surface area contributed by atoms with E-state index in [4.69, 9.17) is 12.2 Å². The summed E-state index contributed by atoms with van der Waals surface area (Å²) in [4.78, 5) is 12.1. The minimum atomic E-state index is 0.491. The molecule has 0 amide bonds. The lowest BCUT2D eigenvalue weighted by Crippen LogP contribution is -1.92. The number of H-pyrrole nitrogens is 1. The summed E-state index contributed by atoms with van der Waals surface area (Å²) in [6, 6.07) is 0. The summed E-state index contributed by atoms with van der Waals surface area (Å²) in [6.45, 7) is 0. The molecular formula is C7H6BrN5S. The van der Waals surface area contributed by atoms with Gasteiger partial charge in [0, 0.05) is 13.2 Å². The number of rotatable bonds is 1. The summed E-state index contributed by atoms with van der Waals surface area (Å²) >= 11 is 8.32. The number of aromatic nitrogens is 5. The van der Waals surface area contributed by atoms with E-state index in [-0.39, 0.29) is 0 Å². The lowest BCUT2D eigenvalue weighted by atomic mass is 10.4. The Morgan fingerprint density at radius 3 is 2.93 bits per heavy atom. The molecule has 0 bridgehead atoms. The maximum Gasteiger partial charge on any atom is 0.216 e. The van der Waals surface area contributed by atoms with Crippen LogP contribution in [0.15, 0.2) is 17.0 Å². The molecule has 0 saturated carbocycles. The van der Waals surface area contributed by atoms with Crippen molar-refractivity contribution in [3.8, 4) is 11.5 Å². The van der Waals surface area contributed by atoms with Gasteiger partial charge in [-0.1, -0.05) is 0 Å². The smallest absolute Gasteiger partial charge is 0.216 e. The second-order valence-electron chi connectivity index (χ2n) is 2.63. The Bertz CT molecular complexity index is 517. The Morgan fingerprint density at radius 2 is 2.36 bits per heavy atom. The van der Waals surface area contributed by atoms with Gasteiger partial charge in [0.15, 0.2) is 5.82 Å². The quantitative estimate of drug-likeness (QED) is 0.803. The average Bonchev–Trinajstić information content (AvgIpc) is 2.48. The van der Waals surface area contributed by atoms with Crippen LogP contribution in [-0.2, 0) is 7.05 Å². The summed E-state index contributed by atoms with van der Waals surface area (Å²) < 4.78 is 2.93. The van der Waals surface area contributed by atoms with Crippen LogP contribution in [0.2, 0.25) is 0 Å². The monoisotopic (exact) mass is 271 g/mol. The minimum absolute atomic E-state index is 0.491. The molecule has 7 heteroatoms. The third-order valence-corrected chi connectivity index (χ3v) is 2.61. The Kier molecular flexibility index (Phi) is 2.42. The Hall–Kier alpha value is -1.08. The van der Waals surface area contributed by atoms with Gasteiger partial charge in [0.25, 0.3) is 0 Å². The highest BCUT2D eigenvalue weighted by atomic mass is 79.9. The first-order valence-electron chi connectivity index (χ1n) is 3.77. The van der Waals surface area contributed by atoms with Crippen LogP contribution in [0.3, 0.4) is 0 Å². The van der Waals surface area contributed by atoms with Gasteiger partial charge in [-0.25, -0.2) is 9.97 Å². The fourth-order valence-electron chi connectivity index (χ4n) is 0.995. The van der Waals surface area contributed by atoms with Crippen molar-refractivity contribution in [2.24, 2.45) is 7.05 Å². The SMILES string of the molecule is Cn1[nH]c(-c2ncncc2Br)nc1=S. The van der Waals surface area contributed by atoms with Crippen molar-refractivity contribution in [3.63, 3.8) is 0 Å². The number of hydrogen-bond acceptors (Lipinski definition) is 4. The zero-order chi connectivity index (χ0) is 10.1. The van der Waals surface area contributed by atoms with Crippen molar-refractivity contribution >= 4 is 28.1 Å². The van der Waals surface area contributed by atoms with E-state index in [1.165, 1.54) is 6.33 Å². The van der Waals surface area contributed by atoms with E-state index in [0.717, 1.165) is 4.47 Å². The van der Waals surface area contributed by atoms with Gasteiger partial charge in [0.05, 0.1) is 4.47 Å². The lowest BCUT2D eigenvalue weighted by molar-refractivity contribution is 0.755. The molecule has 0 aliphatic carbocycles. The van der Waals surface area contributed by atoms with Crippen molar-refractivity contribution < 1.29 is 0 Å². The Balaban J connectivity index is 2.60. The molecule has 2 aromatic rings.